The Morgan fingerprint density at radius 1 is 1.28 bits per heavy atom. The minimum Gasteiger partial charge on any atom is -0.478 e. The van der Waals surface area contributed by atoms with Gasteiger partial charge in [-0.05, 0) is 31.0 Å². The molecule has 0 atom stereocenters. The SMILES string of the molecule is NC1CCN(c2cncc(-c3c[nH]c4ccc(C(=O)O)cc34)n2)CC1. The van der Waals surface area contributed by atoms with E-state index in [0.29, 0.717) is 0 Å². The molecule has 1 aliphatic rings. The van der Waals surface area contributed by atoms with E-state index in [0.717, 1.165) is 53.9 Å². The van der Waals surface area contributed by atoms with Crippen LogP contribution in [0.2, 0.25) is 0 Å². The number of nitrogens with two attached hydrogens (primary N) is 1. The average Bonchev–Trinajstić information content (AvgIpc) is 3.05. The smallest absolute Gasteiger partial charge is 0.335 e. The predicted molar refractivity (Wildman–Crippen MR) is 95.7 cm³/mol. The Hall–Kier alpha value is -2.93. The second-order valence-corrected chi connectivity index (χ2v) is 6.35. The number of fused-ring (bicyclic) bond motifs is 1. The van der Waals surface area contributed by atoms with Crippen LogP contribution >= 0.6 is 0 Å². The highest BCUT2D eigenvalue weighted by Gasteiger charge is 2.18. The number of rotatable bonds is 3. The quantitative estimate of drug-likeness (QED) is 0.676. The van der Waals surface area contributed by atoms with Crippen LogP contribution < -0.4 is 10.6 Å². The molecule has 0 unspecified atom stereocenters. The van der Waals surface area contributed by atoms with E-state index < -0.39 is 5.97 Å². The second kappa shape index (κ2) is 6.18. The molecule has 1 aliphatic heterocycles. The number of piperidine rings is 1. The van der Waals surface area contributed by atoms with Gasteiger partial charge in [0.25, 0.3) is 0 Å². The number of benzene rings is 1. The third-order valence-electron chi connectivity index (χ3n) is 4.69. The second-order valence-electron chi connectivity index (χ2n) is 6.35. The lowest BCUT2D eigenvalue weighted by Gasteiger charge is -2.30. The molecule has 7 heteroatoms. The first-order valence-corrected chi connectivity index (χ1v) is 8.29. The summed E-state index contributed by atoms with van der Waals surface area (Å²) in [6.45, 7) is 1.74. The molecule has 4 N–H and O–H groups in total. The summed E-state index contributed by atoms with van der Waals surface area (Å²) >= 11 is 0. The van der Waals surface area contributed by atoms with Crippen LogP contribution in [0.15, 0.2) is 36.8 Å². The van der Waals surface area contributed by atoms with E-state index >= 15 is 0 Å². The van der Waals surface area contributed by atoms with Crippen molar-refractivity contribution in [3.05, 3.63) is 42.4 Å². The summed E-state index contributed by atoms with van der Waals surface area (Å²) in [4.78, 5) is 25.7. The van der Waals surface area contributed by atoms with Crippen molar-refractivity contribution in [1.82, 2.24) is 15.0 Å². The van der Waals surface area contributed by atoms with Crippen molar-refractivity contribution in [2.45, 2.75) is 18.9 Å². The Balaban J connectivity index is 1.72. The van der Waals surface area contributed by atoms with E-state index in [1.54, 1.807) is 30.6 Å². The minimum atomic E-state index is -0.946. The van der Waals surface area contributed by atoms with Gasteiger partial charge in [0.2, 0.25) is 0 Å². The normalized spacial score (nSPS) is 15.6. The van der Waals surface area contributed by atoms with Gasteiger partial charge in [-0.2, -0.15) is 0 Å². The zero-order chi connectivity index (χ0) is 17.4. The molecule has 3 heterocycles. The molecular formula is C18H19N5O2. The fourth-order valence-electron chi connectivity index (χ4n) is 3.23. The van der Waals surface area contributed by atoms with Gasteiger partial charge < -0.3 is 20.7 Å². The van der Waals surface area contributed by atoms with Crippen molar-refractivity contribution in [3.63, 3.8) is 0 Å². The largest absolute Gasteiger partial charge is 0.478 e. The highest BCUT2D eigenvalue weighted by Crippen LogP contribution is 2.29. The van der Waals surface area contributed by atoms with Crippen LogP contribution in [0.1, 0.15) is 23.2 Å². The summed E-state index contributed by atoms with van der Waals surface area (Å²) in [7, 11) is 0. The number of carboxylic acid groups (broad SMARTS) is 1. The number of carboxylic acids is 1. The first-order valence-electron chi connectivity index (χ1n) is 8.29. The van der Waals surface area contributed by atoms with E-state index in [1.807, 2.05) is 6.20 Å². The standard InChI is InChI=1S/C18H19N5O2/c19-12-3-5-23(6-4-12)17-10-20-9-16(22-17)14-8-21-15-2-1-11(18(24)25)7-13(14)15/h1-2,7-10,12,21H,3-6,19H2,(H,24,25). The lowest BCUT2D eigenvalue weighted by atomic mass is 10.1. The molecule has 1 aromatic carbocycles. The Bertz CT molecular complexity index is 928. The first-order chi connectivity index (χ1) is 12.1. The number of nitrogens with zero attached hydrogens (tertiary/aromatic N) is 3. The van der Waals surface area contributed by atoms with Gasteiger partial charge in [-0.3, -0.25) is 4.98 Å². The van der Waals surface area contributed by atoms with E-state index in [1.165, 1.54) is 0 Å². The van der Waals surface area contributed by atoms with Crippen LogP contribution in [-0.4, -0.2) is 45.2 Å². The summed E-state index contributed by atoms with van der Waals surface area (Å²) in [6.07, 6.45) is 7.20. The lowest BCUT2D eigenvalue weighted by molar-refractivity contribution is 0.0697. The molecule has 1 fully saturated rings. The molecule has 2 aromatic heterocycles. The summed E-state index contributed by atoms with van der Waals surface area (Å²) in [5.74, 6) is -0.119. The number of H-pyrrole nitrogens is 1. The highest BCUT2D eigenvalue weighted by molar-refractivity contribution is 5.99. The molecule has 0 aliphatic carbocycles. The van der Waals surface area contributed by atoms with Gasteiger partial charge >= 0.3 is 5.97 Å². The minimum absolute atomic E-state index is 0.252. The zero-order valence-corrected chi connectivity index (χ0v) is 13.6. The average molecular weight is 337 g/mol. The number of aromatic carboxylic acids is 1. The zero-order valence-electron chi connectivity index (χ0n) is 13.6. The Morgan fingerprint density at radius 2 is 2.08 bits per heavy atom. The maximum absolute atomic E-state index is 11.2. The van der Waals surface area contributed by atoms with Crippen LogP contribution in [-0.2, 0) is 0 Å². The van der Waals surface area contributed by atoms with E-state index in [-0.39, 0.29) is 11.6 Å². The lowest BCUT2D eigenvalue weighted by Crippen LogP contribution is -2.40. The van der Waals surface area contributed by atoms with Crippen LogP contribution in [0.5, 0.6) is 0 Å². The summed E-state index contributed by atoms with van der Waals surface area (Å²) < 4.78 is 0. The third-order valence-corrected chi connectivity index (χ3v) is 4.69. The number of hydrogen-bond donors (Lipinski definition) is 3. The van der Waals surface area contributed by atoms with Gasteiger partial charge in [0.15, 0.2) is 0 Å². The van der Waals surface area contributed by atoms with Crippen molar-refractivity contribution in [3.8, 4) is 11.3 Å². The maximum Gasteiger partial charge on any atom is 0.335 e. The molecule has 25 heavy (non-hydrogen) atoms. The van der Waals surface area contributed by atoms with Gasteiger partial charge in [0, 0.05) is 41.8 Å². The Morgan fingerprint density at radius 3 is 2.84 bits per heavy atom. The van der Waals surface area contributed by atoms with Crippen molar-refractivity contribution in [2.24, 2.45) is 5.73 Å². The molecule has 128 valence electrons. The van der Waals surface area contributed by atoms with Gasteiger partial charge in [0.1, 0.15) is 5.82 Å². The molecule has 3 aromatic rings. The monoisotopic (exact) mass is 337 g/mol. The van der Waals surface area contributed by atoms with Crippen molar-refractivity contribution < 1.29 is 9.90 Å². The molecule has 0 amide bonds. The van der Waals surface area contributed by atoms with Crippen molar-refractivity contribution in [2.75, 3.05) is 18.0 Å². The molecule has 0 saturated carbocycles. The van der Waals surface area contributed by atoms with Crippen LogP contribution in [0.3, 0.4) is 0 Å². The number of aromatic amines is 1. The first kappa shape index (κ1) is 15.6. The fraction of sp³-hybridized carbons (Fsp3) is 0.278. The van der Waals surface area contributed by atoms with Crippen LogP contribution in [0, 0.1) is 0 Å². The number of aromatic nitrogens is 3. The van der Waals surface area contributed by atoms with Gasteiger partial charge in [-0.25, -0.2) is 9.78 Å². The molecular weight excluding hydrogens is 318 g/mol. The van der Waals surface area contributed by atoms with Crippen LogP contribution in [0.4, 0.5) is 5.82 Å². The number of hydrogen-bond acceptors (Lipinski definition) is 5. The molecule has 1 saturated heterocycles. The fourth-order valence-corrected chi connectivity index (χ4v) is 3.23. The van der Waals surface area contributed by atoms with E-state index in [2.05, 4.69) is 14.9 Å². The maximum atomic E-state index is 11.2. The van der Waals surface area contributed by atoms with Crippen LogP contribution in [0.25, 0.3) is 22.2 Å². The summed E-state index contributed by atoms with van der Waals surface area (Å²) in [5.41, 5.74) is 8.66. The Kier molecular flexibility index (Phi) is 3.85. The number of nitrogens with one attached hydrogen (secondary N) is 1. The predicted octanol–water partition coefficient (Wildman–Crippen LogP) is 2.25. The van der Waals surface area contributed by atoms with Crippen molar-refractivity contribution in [1.29, 1.82) is 0 Å². The third kappa shape index (κ3) is 2.94. The van der Waals surface area contributed by atoms with Crippen molar-refractivity contribution >= 4 is 22.7 Å². The topological polar surface area (TPSA) is 108 Å². The Labute approximate surface area is 144 Å². The molecule has 0 spiro atoms. The van der Waals surface area contributed by atoms with E-state index in [4.69, 9.17) is 10.7 Å². The molecule has 7 nitrogen and oxygen atoms in total. The number of carbonyl (C=O) groups is 1. The molecule has 0 bridgehead atoms. The molecule has 4 rings (SSSR count). The van der Waals surface area contributed by atoms with Gasteiger partial charge in [-0.1, -0.05) is 0 Å². The highest BCUT2D eigenvalue weighted by atomic mass is 16.4. The molecule has 0 radical (unpaired) electrons. The van der Waals surface area contributed by atoms with E-state index in [9.17, 15) is 9.90 Å². The summed E-state index contributed by atoms with van der Waals surface area (Å²) in [6, 6.07) is 5.28. The summed E-state index contributed by atoms with van der Waals surface area (Å²) in [5, 5.41) is 10.0. The van der Waals surface area contributed by atoms with Gasteiger partial charge in [0.05, 0.1) is 23.7 Å². The number of anilines is 1. The van der Waals surface area contributed by atoms with Gasteiger partial charge in [-0.15, -0.1) is 0 Å².